The first-order chi connectivity index (χ1) is 12.1. The largest absolute Gasteiger partial charge is 0.276 e. The van der Waals surface area contributed by atoms with E-state index in [4.69, 9.17) is 0 Å². The van der Waals surface area contributed by atoms with Gasteiger partial charge in [0.2, 0.25) is 0 Å². The van der Waals surface area contributed by atoms with Crippen LogP contribution in [-0.2, 0) is 0 Å². The second-order valence-corrected chi connectivity index (χ2v) is 5.58. The van der Waals surface area contributed by atoms with Gasteiger partial charge in [0.05, 0.1) is 16.0 Å². The van der Waals surface area contributed by atoms with E-state index in [1.54, 1.807) is 24.3 Å². The number of benzene rings is 2. The normalized spacial score (nSPS) is 11.6. The second-order valence-electron chi connectivity index (χ2n) is 5.58. The van der Waals surface area contributed by atoms with Gasteiger partial charge in [-0.3, -0.25) is 14.5 Å². The van der Waals surface area contributed by atoms with Crippen LogP contribution in [0.15, 0.2) is 48.5 Å². The molecule has 0 aliphatic heterocycles. The molecule has 0 radical (unpaired) electrons. The Morgan fingerprint density at radius 1 is 1.08 bits per heavy atom. The van der Waals surface area contributed by atoms with Crippen molar-refractivity contribution in [2.75, 3.05) is 0 Å². The molecule has 0 bridgehead atoms. The van der Waals surface area contributed by atoms with Crippen LogP contribution < -0.4 is 0 Å². The molecule has 4 rings (SSSR count). The van der Waals surface area contributed by atoms with E-state index in [1.165, 1.54) is 12.1 Å². The quantitative estimate of drug-likeness (QED) is 0.422. The van der Waals surface area contributed by atoms with Crippen molar-refractivity contribution in [2.24, 2.45) is 0 Å². The number of aromatic nitrogens is 4. The van der Waals surface area contributed by atoms with E-state index >= 15 is 0 Å². The van der Waals surface area contributed by atoms with Crippen LogP contribution >= 0.6 is 0 Å². The zero-order chi connectivity index (χ0) is 17.4. The van der Waals surface area contributed by atoms with E-state index < -0.39 is 4.92 Å². The fourth-order valence-corrected chi connectivity index (χ4v) is 2.77. The highest BCUT2D eigenvalue weighted by Crippen LogP contribution is 2.20. The molecule has 25 heavy (non-hydrogen) atoms. The van der Waals surface area contributed by atoms with E-state index in [9.17, 15) is 10.1 Å². The monoisotopic (exact) mass is 331 g/mol. The maximum atomic E-state index is 10.9. The highest BCUT2D eigenvalue weighted by molar-refractivity contribution is 5.83. The maximum Gasteiger partial charge on any atom is 0.270 e. The fraction of sp³-hybridized carbons (Fsp3) is 0.0556. The fourth-order valence-electron chi connectivity index (χ4n) is 2.77. The van der Waals surface area contributed by atoms with Crippen LogP contribution in [0.2, 0.25) is 0 Å². The summed E-state index contributed by atoms with van der Waals surface area (Å²) in [6.07, 6.45) is 3.59. The Bertz CT molecular complexity index is 1150. The Kier molecular flexibility index (Phi) is 3.46. The molecular formula is C18H13N5O2. The lowest BCUT2D eigenvalue weighted by Crippen LogP contribution is -1.97. The Hall–Kier alpha value is -3.61. The molecule has 7 heteroatoms. The van der Waals surface area contributed by atoms with Gasteiger partial charge in [-0.25, -0.2) is 4.98 Å². The molecule has 0 aliphatic carbocycles. The summed E-state index contributed by atoms with van der Waals surface area (Å²) < 4.78 is 1.95. The van der Waals surface area contributed by atoms with E-state index in [2.05, 4.69) is 15.2 Å². The number of hydrogen-bond acceptors (Lipinski definition) is 5. The van der Waals surface area contributed by atoms with Gasteiger partial charge in [0.15, 0.2) is 5.65 Å². The van der Waals surface area contributed by atoms with E-state index in [1.807, 2.05) is 35.6 Å². The van der Waals surface area contributed by atoms with Crippen molar-refractivity contribution >= 4 is 34.5 Å². The summed E-state index contributed by atoms with van der Waals surface area (Å²) in [6, 6.07) is 14.2. The number of non-ortho nitro benzene ring substituents is 1. The number of para-hydroxylation sites is 2. The maximum absolute atomic E-state index is 10.9. The van der Waals surface area contributed by atoms with Crippen LogP contribution in [0.5, 0.6) is 0 Å². The van der Waals surface area contributed by atoms with Crippen LogP contribution in [0.25, 0.3) is 28.8 Å². The number of nitro benzene ring substituents is 1. The topological polar surface area (TPSA) is 86.2 Å². The molecule has 0 amide bonds. The SMILES string of the molecule is Cc1nnc2c(/C=C/c3cccc([N+](=O)[O-])c3)nc3ccccc3n12. The summed E-state index contributed by atoms with van der Waals surface area (Å²) in [6.45, 7) is 1.89. The van der Waals surface area contributed by atoms with Crippen LogP contribution in [-0.4, -0.2) is 24.5 Å². The van der Waals surface area contributed by atoms with Crippen LogP contribution in [0.4, 0.5) is 5.69 Å². The standard InChI is InChI=1S/C18H13N5O2/c1-12-20-21-18-16(19-15-7-2-3-8-17(15)22(12)18)10-9-13-5-4-6-14(11-13)23(24)25/h2-11H,1H3/b10-9+. The minimum absolute atomic E-state index is 0.0529. The summed E-state index contributed by atoms with van der Waals surface area (Å²) in [5.41, 5.74) is 3.85. The van der Waals surface area contributed by atoms with E-state index in [0.29, 0.717) is 11.3 Å². The average molecular weight is 331 g/mol. The number of hydrogen-bond donors (Lipinski definition) is 0. The van der Waals surface area contributed by atoms with Crippen LogP contribution in [0, 0.1) is 17.0 Å². The smallest absolute Gasteiger partial charge is 0.270 e. The lowest BCUT2D eigenvalue weighted by Gasteiger charge is -2.04. The zero-order valence-corrected chi connectivity index (χ0v) is 13.3. The molecule has 0 saturated carbocycles. The third-order valence-corrected chi connectivity index (χ3v) is 3.93. The van der Waals surface area contributed by atoms with Gasteiger partial charge in [0.1, 0.15) is 11.5 Å². The van der Waals surface area contributed by atoms with Crippen LogP contribution in [0.1, 0.15) is 17.1 Å². The number of nitrogens with zero attached hydrogens (tertiary/aromatic N) is 5. The lowest BCUT2D eigenvalue weighted by atomic mass is 10.1. The van der Waals surface area contributed by atoms with Gasteiger partial charge in [-0.15, -0.1) is 10.2 Å². The summed E-state index contributed by atoms with van der Waals surface area (Å²) in [4.78, 5) is 15.1. The first-order valence-corrected chi connectivity index (χ1v) is 7.66. The van der Waals surface area contributed by atoms with Gasteiger partial charge in [-0.2, -0.15) is 0 Å². The van der Waals surface area contributed by atoms with Crippen LogP contribution in [0.3, 0.4) is 0 Å². The summed E-state index contributed by atoms with van der Waals surface area (Å²) in [5, 5.41) is 19.3. The minimum Gasteiger partial charge on any atom is -0.276 e. The first kappa shape index (κ1) is 14.9. The molecule has 0 fully saturated rings. The summed E-state index contributed by atoms with van der Waals surface area (Å²) in [7, 11) is 0. The molecule has 0 aliphatic rings. The summed E-state index contributed by atoms with van der Waals surface area (Å²) in [5.74, 6) is 0.776. The van der Waals surface area contributed by atoms with Crippen molar-refractivity contribution in [3.05, 3.63) is 75.7 Å². The Morgan fingerprint density at radius 2 is 1.92 bits per heavy atom. The average Bonchev–Trinajstić information content (AvgIpc) is 3.02. The third-order valence-electron chi connectivity index (χ3n) is 3.93. The molecule has 2 aromatic heterocycles. The molecule has 122 valence electrons. The first-order valence-electron chi connectivity index (χ1n) is 7.66. The van der Waals surface area contributed by atoms with Gasteiger partial charge in [0.25, 0.3) is 5.69 Å². The third kappa shape index (κ3) is 2.61. The molecule has 7 nitrogen and oxygen atoms in total. The van der Waals surface area contributed by atoms with Crippen molar-refractivity contribution < 1.29 is 4.92 Å². The predicted octanol–water partition coefficient (Wildman–Crippen LogP) is 3.66. The molecule has 0 saturated heterocycles. The molecular weight excluding hydrogens is 318 g/mol. The highest BCUT2D eigenvalue weighted by atomic mass is 16.6. The van der Waals surface area contributed by atoms with Crippen molar-refractivity contribution in [3.8, 4) is 0 Å². The number of rotatable bonds is 3. The predicted molar refractivity (Wildman–Crippen MR) is 95.0 cm³/mol. The minimum atomic E-state index is -0.411. The van der Waals surface area contributed by atoms with Gasteiger partial charge in [-0.05, 0) is 30.7 Å². The van der Waals surface area contributed by atoms with Crippen molar-refractivity contribution in [1.82, 2.24) is 19.6 Å². The molecule has 0 unspecified atom stereocenters. The Balaban J connectivity index is 1.86. The second kappa shape index (κ2) is 5.79. The number of nitro groups is 1. The van der Waals surface area contributed by atoms with Gasteiger partial charge >= 0.3 is 0 Å². The Labute approximate surface area is 142 Å². The molecule has 0 N–H and O–H groups in total. The molecule has 0 atom stereocenters. The highest BCUT2D eigenvalue weighted by Gasteiger charge is 2.11. The van der Waals surface area contributed by atoms with E-state index in [0.717, 1.165) is 22.4 Å². The van der Waals surface area contributed by atoms with Gasteiger partial charge < -0.3 is 0 Å². The number of aryl methyl sites for hydroxylation is 1. The lowest BCUT2D eigenvalue weighted by molar-refractivity contribution is -0.384. The number of fused-ring (bicyclic) bond motifs is 3. The van der Waals surface area contributed by atoms with E-state index in [-0.39, 0.29) is 5.69 Å². The molecule has 4 aromatic rings. The molecule has 2 heterocycles. The van der Waals surface area contributed by atoms with Gasteiger partial charge in [-0.1, -0.05) is 30.3 Å². The molecule has 2 aromatic carbocycles. The van der Waals surface area contributed by atoms with Crippen molar-refractivity contribution in [2.45, 2.75) is 6.92 Å². The Morgan fingerprint density at radius 3 is 2.76 bits per heavy atom. The van der Waals surface area contributed by atoms with Crippen molar-refractivity contribution in [3.63, 3.8) is 0 Å². The van der Waals surface area contributed by atoms with Crippen molar-refractivity contribution in [1.29, 1.82) is 0 Å². The summed E-state index contributed by atoms with van der Waals surface area (Å²) >= 11 is 0. The van der Waals surface area contributed by atoms with Gasteiger partial charge in [0, 0.05) is 12.1 Å². The molecule has 0 spiro atoms. The zero-order valence-electron chi connectivity index (χ0n) is 13.3.